The van der Waals surface area contributed by atoms with Gasteiger partial charge in [-0.05, 0) is 57.4 Å². The molecule has 5 heteroatoms. The Bertz CT molecular complexity index is 678. The van der Waals surface area contributed by atoms with Crippen molar-refractivity contribution < 1.29 is 14.3 Å². The topological polar surface area (TPSA) is 71.2 Å². The Hall–Kier alpha value is -2.30. The summed E-state index contributed by atoms with van der Waals surface area (Å²) in [5, 5.41) is 2.82. The normalized spacial score (nSPS) is 16.6. The number of ether oxygens (including phenoxy) is 1. The highest BCUT2D eigenvalue weighted by molar-refractivity contribution is 6.00. The SMILES string of the molecule is CCOC(=O)c1[nH]c(/C=C2\NC(=O)C(C)=C2C)c(C)c1C. The summed E-state index contributed by atoms with van der Waals surface area (Å²) < 4.78 is 5.03. The van der Waals surface area contributed by atoms with Gasteiger partial charge in [0.25, 0.3) is 5.91 Å². The van der Waals surface area contributed by atoms with Crippen LogP contribution in [0.15, 0.2) is 16.8 Å². The maximum absolute atomic E-state index is 11.9. The maximum Gasteiger partial charge on any atom is 0.355 e. The third kappa shape index (κ3) is 2.63. The number of carbonyl (C=O) groups excluding carboxylic acids is 2. The molecule has 0 aliphatic carbocycles. The average molecular weight is 288 g/mol. The Morgan fingerprint density at radius 1 is 1.14 bits per heavy atom. The van der Waals surface area contributed by atoms with Crippen LogP contribution in [0.3, 0.4) is 0 Å². The Balaban J connectivity index is 2.41. The largest absolute Gasteiger partial charge is 0.461 e. The summed E-state index contributed by atoms with van der Waals surface area (Å²) in [4.78, 5) is 26.6. The van der Waals surface area contributed by atoms with E-state index in [1.54, 1.807) is 13.8 Å². The smallest absolute Gasteiger partial charge is 0.355 e. The van der Waals surface area contributed by atoms with Crippen LogP contribution >= 0.6 is 0 Å². The third-order valence-corrected chi connectivity index (χ3v) is 3.92. The summed E-state index contributed by atoms with van der Waals surface area (Å²) in [5.41, 5.74) is 5.50. The van der Waals surface area contributed by atoms with Gasteiger partial charge in [0.2, 0.25) is 0 Å². The average Bonchev–Trinajstić information content (AvgIpc) is 2.85. The minimum atomic E-state index is -0.360. The van der Waals surface area contributed by atoms with E-state index in [-0.39, 0.29) is 11.9 Å². The van der Waals surface area contributed by atoms with Gasteiger partial charge in [-0.3, -0.25) is 4.79 Å². The van der Waals surface area contributed by atoms with Crippen molar-refractivity contribution in [3.63, 3.8) is 0 Å². The highest BCUT2D eigenvalue weighted by Crippen LogP contribution is 2.25. The van der Waals surface area contributed by atoms with Crippen LogP contribution < -0.4 is 5.32 Å². The lowest BCUT2D eigenvalue weighted by Gasteiger charge is -2.00. The fraction of sp³-hybridized carbons (Fsp3) is 0.375. The number of nitrogens with one attached hydrogen (secondary N) is 2. The molecule has 2 rings (SSSR count). The van der Waals surface area contributed by atoms with Crippen LogP contribution in [-0.4, -0.2) is 23.5 Å². The predicted molar refractivity (Wildman–Crippen MR) is 80.7 cm³/mol. The van der Waals surface area contributed by atoms with Crippen molar-refractivity contribution in [2.45, 2.75) is 34.6 Å². The molecule has 1 aromatic rings. The van der Waals surface area contributed by atoms with Crippen LogP contribution in [0.4, 0.5) is 0 Å². The van der Waals surface area contributed by atoms with Crippen molar-refractivity contribution in [1.29, 1.82) is 0 Å². The van der Waals surface area contributed by atoms with Gasteiger partial charge >= 0.3 is 5.97 Å². The molecule has 0 spiro atoms. The fourth-order valence-electron chi connectivity index (χ4n) is 2.23. The highest BCUT2D eigenvalue weighted by Gasteiger charge is 2.22. The zero-order valence-corrected chi connectivity index (χ0v) is 13.0. The minimum Gasteiger partial charge on any atom is -0.461 e. The van der Waals surface area contributed by atoms with E-state index in [9.17, 15) is 9.59 Å². The first kappa shape index (κ1) is 15.1. The van der Waals surface area contributed by atoms with E-state index < -0.39 is 0 Å². The molecule has 0 atom stereocenters. The Morgan fingerprint density at radius 2 is 1.81 bits per heavy atom. The second kappa shape index (κ2) is 5.60. The van der Waals surface area contributed by atoms with E-state index in [1.165, 1.54) is 0 Å². The van der Waals surface area contributed by atoms with Crippen LogP contribution in [0.5, 0.6) is 0 Å². The first-order valence-corrected chi connectivity index (χ1v) is 6.94. The second-order valence-corrected chi connectivity index (χ2v) is 5.15. The Labute approximate surface area is 124 Å². The number of H-pyrrole nitrogens is 1. The molecule has 2 heterocycles. The van der Waals surface area contributed by atoms with Crippen LogP contribution in [0.2, 0.25) is 0 Å². The lowest BCUT2D eigenvalue weighted by molar-refractivity contribution is -0.116. The van der Waals surface area contributed by atoms with Crippen molar-refractivity contribution in [1.82, 2.24) is 10.3 Å². The number of esters is 1. The first-order chi connectivity index (χ1) is 9.86. The molecule has 1 aliphatic rings. The second-order valence-electron chi connectivity index (χ2n) is 5.15. The molecule has 5 nitrogen and oxygen atoms in total. The van der Waals surface area contributed by atoms with Crippen molar-refractivity contribution in [2.24, 2.45) is 0 Å². The Kier molecular flexibility index (Phi) is 4.02. The lowest BCUT2D eigenvalue weighted by atomic mass is 10.1. The van der Waals surface area contributed by atoms with Crippen molar-refractivity contribution in [2.75, 3.05) is 6.61 Å². The van der Waals surface area contributed by atoms with Crippen LogP contribution in [-0.2, 0) is 9.53 Å². The minimum absolute atomic E-state index is 0.0784. The lowest BCUT2D eigenvalue weighted by Crippen LogP contribution is -2.15. The number of hydrogen-bond acceptors (Lipinski definition) is 3. The number of amides is 1. The van der Waals surface area contributed by atoms with Gasteiger partial charge in [0.15, 0.2) is 0 Å². The number of rotatable bonds is 3. The van der Waals surface area contributed by atoms with Gasteiger partial charge in [0, 0.05) is 17.0 Å². The monoisotopic (exact) mass is 288 g/mol. The van der Waals surface area contributed by atoms with Crippen molar-refractivity contribution in [3.05, 3.63) is 39.4 Å². The standard InChI is InChI=1S/C16H20N2O3/c1-6-21-16(20)14-10(4)8(2)12(17-14)7-13-9(3)11(5)15(19)18-13/h7,17H,6H2,1-5H3,(H,18,19)/b13-7-. The molecular weight excluding hydrogens is 268 g/mol. The molecule has 0 saturated carbocycles. The zero-order valence-electron chi connectivity index (χ0n) is 13.0. The van der Waals surface area contributed by atoms with Crippen LogP contribution in [0, 0.1) is 13.8 Å². The van der Waals surface area contributed by atoms with Crippen molar-refractivity contribution in [3.8, 4) is 0 Å². The maximum atomic E-state index is 11.9. The van der Waals surface area contributed by atoms with Gasteiger partial charge in [0.1, 0.15) is 5.69 Å². The third-order valence-electron chi connectivity index (χ3n) is 3.92. The van der Waals surface area contributed by atoms with E-state index in [0.29, 0.717) is 17.9 Å². The number of hydrogen-bond donors (Lipinski definition) is 2. The molecular formula is C16H20N2O3. The first-order valence-electron chi connectivity index (χ1n) is 6.94. The Morgan fingerprint density at radius 3 is 2.33 bits per heavy atom. The van der Waals surface area contributed by atoms with Gasteiger partial charge in [0.05, 0.1) is 6.61 Å². The van der Waals surface area contributed by atoms with Gasteiger partial charge in [-0.1, -0.05) is 0 Å². The fourth-order valence-corrected chi connectivity index (χ4v) is 2.23. The quantitative estimate of drug-likeness (QED) is 0.840. The molecule has 0 aromatic carbocycles. The van der Waals surface area contributed by atoms with E-state index in [1.807, 2.05) is 26.8 Å². The summed E-state index contributed by atoms with van der Waals surface area (Å²) in [6.45, 7) is 9.62. The van der Waals surface area contributed by atoms with Crippen LogP contribution in [0.25, 0.3) is 6.08 Å². The van der Waals surface area contributed by atoms with Gasteiger partial charge < -0.3 is 15.0 Å². The highest BCUT2D eigenvalue weighted by atomic mass is 16.5. The summed E-state index contributed by atoms with van der Waals surface area (Å²) in [7, 11) is 0. The molecule has 2 N–H and O–H groups in total. The summed E-state index contributed by atoms with van der Waals surface area (Å²) in [6, 6.07) is 0. The van der Waals surface area contributed by atoms with E-state index in [4.69, 9.17) is 4.74 Å². The van der Waals surface area contributed by atoms with Gasteiger partial charge in [-0.2, -0.15) is 0 Å². The van der Waals surface area contributed by atoms with E-state index >= 15 is 0 Å². The summed E-state index contributed by atoms with van der Waals surface area (Å²) >= 11 is 0. The number of aromatic amines is 1. The molecule has 21 heavy (non-hydrogen) atoms. The van der Waals surface area contributed by atoms with Crippen molar-refractivity contribution >= 4 is 18.0 Å². The van der Waals surface area contributed by atoms with Gasteiger partial charge in [-0.25, -0.2) is 4.79 Å². The summed E-state index contributed by atoms with van der Waals surface area (Å²) in [6.07, 6.45) is 1.86. The number of aromatic nitrogens is 1. The molecule has 1 aliphatic heterocycles. The van der Waals surface area contributed by atoms with E-state index in [2.05, 4.69) is 10.3 Å². The van der Waals surface area contributed by atoms with Crippen LogP contribution in [0.1, 0.15) is 48.1 Å². The van der Waals surface area contributed by atoms with E-state index in [0.717, 1.165) is 28.1 Å². The predicted octanol–water partition coefficient (Wildman–Crippen LogP) is 2.62. The molecule has 112 valence electrons. The molecule has 0 fully saturated rings. The molecule has 0 radical (unpaired) electrons. The molecule has 1 aromatic heterocycles. The molecule has 0 unspecified atom stereocenters. The molecule has 0 bridgehead atoms. The zero-order chi connectivity index (χ0) is 15.7. The molecule has 0 saturated heterocycles. The molecule has 1 amide bonds. The number of carbonyl (C=O) groups is 2. The van der Waals surface area contributed by atoms with Gasteiger partial charge in [-0.15, -0.1) is 0 Å². The number of allylic oxidation sites excluding steroid dienone is 1. The summed E-state index contributed by atoms with van der Waals surface area (Å²) in [5.74, 6) is -0.438.